The van der Waals surface area contributed by atoms with Gasteiger partial charge >= 0.3 is 5.97 Å². The number of hydrogen-bond donors (Lipinski definition) is 1. The number of ether oxygens (including phenoxy) is 1. The number of halogens is 1. The van der Waals surface area contributed by atoms with Crippen molar-refractivity contribution in [3.63, 3.8) is 0 Å². The summed E-state index contributed by atoms with van der Waals surface area (Å²) < 4.78 is 5.05. The van der Waals surface area contributed by atoms with Crippen LogP contribution in [0.5, 0.6) is 0 Å². The van der Waals surface area contributed by atoms with Crippen LogP contribution in [0.4, 0.5) is 5.69 Å². The first-order valence-corrected chi connectivity index (χ1v) is 5.53. The second-order valence-electron chi connectivity index (χ2n) is 3.45. The molecule has 2 aromatic rings. The highest BCUT2D eigenvalue weighted by molar-refractivity contribution is 6.34. The molecule has 1 aromatic carbocycles. The first-order chi connectivity index (χ1) is 8.68. The van der Waals surface area contributed by atoms with Crippen LogP contribution in [-0.4, -0.2) is 15.9 Å². The minimum absolute atomic E-state index is 0.0235. The molecule has 6 heteroatoms. The van der Waals surface area contributed by atoms with Crippen molar-refractivity contribution >= 4 is 23.3 Å². The summed E-state index contributed by atoms with van der Waals surface area (Å²) in [6.07, 6.45) is 3.14. The molecule has 5 nitrogen and oxygen atoms in total. The second kappa shape index (κ2) is 5.46. The van der Waals surface area contributed by atoms with Crippen molar-refractivity contribution in [3.8, 4) is 0 Å². The SMILES string of the molecule is Nc1cccc(Cl)c1C(=O)OCc1ncccn1. The van der Waals surface area contributed by atoms with E-state index in [1.54, 1.807) is 36.7 Å². The fraction of sp³-hybridized carbons (Fsp3) is 0.0833. The van der Waals surface area contributed by atoms with Gasteiger partial charge in [-0.25, -0.2) is 14.8 Å². The van der Waals surface area contributed by atoms with E-state index in [9.17, 15) is 4.79 Å². The van der Waals surface area contributed by atoms with Crippen LogP contribution < -0.4 is 5.73 Å². The Labute approximate surface area is 109 Å². The second-order valence-corrected chi connectivity index (χ2v) is 3.85. The molecule has 0 amide bonds. The molecule has 0 aliphatic heterocycles. The molecule has 1 aromatic heterocycles. The standard InChI is InChI=1S/C12H10ClN3O2/c13-8-3-1-4-9(14)11(8)12(17)18-7-10-15-5-2-6-16-10/h1-6H,7,14H2. The molecule has 0 bridgehead atoms. The Hall–Kier alpha value is -2.14. The van der Waals surface area contributed by atoms with E-state index in [1.165, 1.54) is 0 Å². The predicted octanol–water partition coefficient (Wildman–Crippen LogP) is 2.07. The molecule has 2 N–H and O–H groups in total. The number of nitrogens with zero attached hydrogens (tertiary/aromatic N) is 2. The molecular formula is C12H10ClN3O2. The maximum Gasteiger partial charge on any atom is 0.342 e. The Morgan fingerprint density at radius 2 is 2.00 bits per heavy atom. The van der Waals surface area contributed by atoms with Crippen LogP contribution in [0.1, 0.15) is 16.2 Å². The fourth-order valence-electron chi connectivity index (χ4n) is 1.36. The van der Waals surface area contributed by atoms with Crippen molar-refractivity contribution in [1.82, 2.24) is 9.97 Å². The summed E-state index contributed by atoms with van der Waals surface area (Å²) in [6, 6.07) is 6.50. The smallest absolute Gasteiger partial charge is 0.342 e. The van der Waals surface area contributed by atoms with Gasteiger partial charge in [-0.2, -0.15) is 0 Å². The van der Waals surface area contributed by atoms with Crippen molar-refractivity contribution in [2.75, 3.05) is 5.73 Å². The molecule has 18 heavy (non-hydrogen) atoms. The van der Waals surface area contributed by atoms with Crippen molar-refractivity contribution < 1.29 is 9.53 Å². The molecule has 0 saturated carbocycles. The van der Waals surface area contributed by atoms with E-state index in [0.717, 1.165) is 0 Å². The zero-order valence-corrected chi connectivity index (χ0v) is 10.1. The van der Waals surface area contributed by atoms with Crippen LogP contribution in [0, 0.1) is 0 Å². The van der Waals surface area contributed by atoms with Gasteiger partial charge in [-0.15, -0.1) is 0 Å². The maximum atomic E-state index is 11.8. The summed E-state index contributed by atoms with van der Waals surface area (Å²) in [6.45, 7) is -0.0235. The first-order valence-electron chi connectivity index (χ1n) is 5.15. The van der Waals surface area contributed by atoms with Crippen molar-refractivity contribution in [1.29, 1.82) is 0 Å². The van der Waals surface area contributed by atoms with E-state index in [1.807, 2.05) is 0 Å². The number of nitrogen functional groups attached to an aromatic ring is 1. The summed E-state index contributed by atoms with van der Waals surface area (Å²) in [7, 11) is 0. The maximum absolute atomic E-state index is 11.8. The molecule has 0 spiro atoms. The monoisotopic (exact) mass is 263 g/mol. The van der Waals surface area contributed by atoms with Crippen LogP contribution in [-0.2, 0) is 11.3 Å². The van der Waals surface area contributed by atoms with Crippen LogP contribution in [0.25, 0.3) is 0 Å². The van der Waals surface area contributed by atoms with E-state index in [0.29, 0.717) is 5.82 Å². The summed E-state index contributed by atoms with van der Waals surface area (Å²) in [5.74, 6) is -0.179. The van der Waals surface area contributed by atoms with Crippen LogP contribution >= 0.6 is 11.6 Å². The molecule has 2 rings (SSSR count). The lowest BCUT2D eigenvalue weighted by molar-refractivity contribution is 0.0463. The largest absolute Gasteiger partial charge is 0.454 e. The Morgan fingerprint density at radius 1 is 1.28 bits per heavy atom. The van der Waals surface area contributed by atoms with Gasteiger partial charge < -0.3 is 10.5 Å². The third kappa shape index (κ3) is 2.75. The van der Waals surface area contributed by atoms with Gasteiger partial charge in [0.1, 0.15) is 5.56 Å². The summed E-state index contributed by atoms with van der Waals surface area (Å²) >= 11 is 5.89. The lowest BCUT2D eigenvalue weighted by atomic mass is 10.2. The van der Waals surface area contributed by atoms with Gasteiger partial charge in [0.2, 0.25) is 0 Å². The number of rotatable bonds is 3. The number of carbonyl (C=O) groups is 1. The van der Waals surface area contributed by atoms with Gasteiger partial charge in [0, 0.05) is 18.1 Å². The minimum atomic E-state index is -0.592. The number of aromatic nitrogens is 2. The number of carbonyl (C=O) groups excluding carboxylic acids is 1. The molecule has 0 atom stereocenters. The quantitative estimate of drug-likeness (QED) is 0.677. The third-order valence-electron chi connectivity index (χ3n) is 2.20. The van der Waals surface area contributed by atoms with E-state index < -0.39 is 5.97 Å². The molecule has 0 unspecified atom stereocenters. The molecule has 0 saturated heterocycles. The molecule has 1 heterocycles. The van der Waals surface area contributed by atoms with Crippen LogP contribution in [0.2, 0.25) is 5.02 Å². The van der Waals surface area contributed by atoms with E-state index in [-0.39, 0.29) is 22.9 Å². The van der Waals surface area contributed by atoms with Gasteiger partial charge in [0.25, 0.3) is 0 Å². The molecule has 0 radical (unpaired) electrons. The number of hydrogen-bond acceptors (Lipinski definition) is 5. The molecular weight excluding hydrogens is 254 g/mol. The lowest BCUT2D eigenvalue weighted by Gasteiger charge is -2.07. The van der Waals surface area contributed by atoms with E-state index in [4.69, 9.17) is 22.1 Å². The van der Waals surface area contributed by atoms with Crippen molar-refractivity contribution in [2.45, 2.75) is 6.61 Å². The third-order valence-corrected chi connectivity index (χ3v) is 2.52. The fourth-order valence-corrected chi connectivity index (χ4v) is 1.62. The molecule has 0 fully saturated rings. The number of benzene rings is 1. The molecule has 0 aliphatic rings. The first kappa shape index (κ1) is 12.3. The summed E-state index contributed by atoms with van der Waals surface area (Å²) in [5.41, 5.74) is 6.12. The van der Waals surface area contributed by atoms with Gasteiger partial charge in [0.05, 0.1) is 5.02 Å². The zero-order valence-electron chi connectivity index (χ0n) is 9.34. The zero-order chi connectivity index (χ0) is 13.0. The van der Waals surface area contributed by atoms with Gasteiger partial charge in [0.15, 0.2) is 12.4 Å². The van der Waals surface area contributed by atoms with Gasteiger partial charge in [-0.1, -0.05) is 17.7 Å². The van der Waals surface area contributed by atoms with Crippen molar-refractivity contribution in [2.24, 2.45) is 0 Å². The number of anilines is 1. The average Bonchev–Trinajstić information content (AvgIpc) is 2.37. The van der Waals surface area contributed by atoms with Gasteiger partial charge in [-0.3, -0.25) is 0 Å². The molecule has 92 valence electrons. The van der Waals surface area contributed by atoms with Crippen LogP contribution in [0.15, 0.2) is 36.7 Å². The van der Waals surface area contributed by atoms with E-state index in [2.05, 4.69) is 9.97 Å². The number of esters is 1. The Balaban J connectivity index is 2.09. The lowest BCUT2D eigenvalue weighted by Crippen LogP contribution is -2.10. The Bertz CT molecular complexity index is 540. The van der Waals surface area contributed by atoms with Gasteiger partial charge in [-0.05, 0) is 18.2 Å². The highest BCUT2D eigenvalue weighted by Gasteiger charge is 2.15. The Morgan fingerprint density at radius 3 is 2.67 bits per heavy atom. The highest BCUT2D eigenvalue weighted by atomic mass is 35.5. The molecule has 0 aliphatic carbocycles. The topological polar surface area (TPSA) is 78.1 Å². The summed E-state index contributed by atoms with van der Waals surface area (Å²) in [5, 5.41) is 0.258. The van der Waals surface area contributed by atoms with Crippen molar-refractivity contribution in [3.05, 3.63) is 53.1 Å². The summed E-state index contributed by atoms with van der Waals surface area (Å²) in [4.78, 5) is 19.7. The average molecular weight is 264 g/mol. The predicted molar refractivity (Wildman–Crippen MR) is 67.0 cm³/mol. The normalized spacial score (nSPS) is 10.1. The van der Waals surface area contributed by atoms with E-state index >= 15 is 0 Å². The Kier molecular flexibility index (Phi) is 3.74. The minimum Gasteiger partial charge on any atom is -0.454 e. The van der Waals surface area contributed by atoms with Crippen LogP contribution in [0.3, 0.4) is 0 Å². The highest BCUT2D eigenvalue weighted by Crippen LogP contribution is 2.22. The number of nitrogens with two attached hydrogens (primary N) is 1.